The van der Waals surface area contributed by atoms with Gasteiger partial charge in [-0.25, -0.2) is 4.98 Å². The molecule has 0 radical (unpaired) electrons. The van der Waals surface area contributed by atoms with Crippen molar-refractivity contribution in [2.24, 2.45) is 5.73 Å². The van der Waals surface area contributed by atoms with E-state index in [0.717, 1.165) is 18.7 Å². The molecule has 2 atom stereocenters. The number of hydrogen-bond acceptors (Lipinski definition) is 4. The van der Waals surface area contributed by atoms with Gasteiger partial charge >= 0.3 is 0 Å². The fourth-order valence-electron chi connectivity index (χ4n) is 2.52. The predicted octanol–water partition coefficient (Wildman–Crippen LogP) is 1.57. The van der Waals surface area contributed by atoms with E-state index < -0.39 is 0 Å². The average molecular weight is 235 g/mol. The van der Waals surface area contributed by atoms with Gasteiger partial charge < -0.3 is 10.5 Å². The molecule has 17 heavy (non-hydrogen) atoms. The van der Waals surface area contributed by atoms with E-state index in [0.29, 0.717) is 11.9 Å². The Morgan fingerprint density at radius 3 is 2.88 bits per heavy atom. The zero-order valence-electron chi connectivity index (χ0n) is 10.8. The van der Waals surface area contributed by atoms with Gasteiger partial charge in [0.2, 0.25) is 5.88 Å². The Morgan fingerprint density at radius 1 is 1.47 bits per heavy atom. The standard InChI is InChI=1S/C13H21N3O/c1-9(2)16-8-7-10(14)13(16)11-5-4-6-12(15-11)17-3/h4-6,9-10,13H,7-8,14H2,1-3H3. The van der Waals surface area contributed by atoms with Crippen LogP contribution in [0.1, 0.15) is 32.0 Å². The van der Waals surface area contributed by atoms with Crippen molar-refractivity contribution in [1.29, 1.82) is 0 Å². The lowest BCUT2D eigenvalue weighted by Crippen LogP contribution is -2.36. The molecule has 4 nitrogen and oxygen atoms in total. The lowest BCUT2D eigenvalue weighted by molar-refractivity contribution is 0.194. The number of ether oxygens (including phenoxy) is 1. The highest BCUT2D eigenvalue weighted by Crippen LogP contribution is 2.32. The van der Waals surface area contributed by atoms with Gasteiger partial charge in [-0.15, -0.1) is 0 Å². The molecular formula is C13H21N3O. The molecule has 0 saturated carbocycles. The fraction of sp³-hybridized carbons (Fsp3) is 0.615. The van der Waals surface area contributed by atoms with E-state index >= 15 is 0 Å². The number of aromatic nitrogens is 1. The van der Waals surface area contributed by atoms with Gasteiger partial charge in [-0.2, -0.15) is 0 Å². The van der Waals surface area contributed by atoms with E-state index in [9.17, 15) is 0 Å². The normalized spacial score (nSPS) is 25.5. The largest absolute Gasteiger partial charge is 0.481 e. The first-order chi connectivity index (χ1) is 8.13. The first-order valence-corrected chi connectivity index (χ1v) is 6.15. The molecule has 0 amide bonds. The number of hydrogen-bond donors (Lipinski definition) is 1. The molecule has 1 aromatic heterocycles. The van der Waals surface area contributed by atoms with E-state index in [2.05, 4.69) is 23.7 Å². The Labute approximate surface area is 103 Å². The maximum absolute atomic E-state index is 6.21. The van der Waals surface area contributed by atoms with Crippen molar-refractivity contribution in [3.05, 3.63) is 23.9 Å². The average Bonchev–Trinajstić information content (AvgIpc) is 2.71. The highest BCUT2D eigenvalue weighted by atomic mass is 16.5. The second-order valence-electron chi connectivity index (χ2n) is 4.83. The molecule has 1 aliphatic rings. The molecule has 1 aromatic rings. The van der Waals surface area contributed by atoms with Crippen LogP contribution in [0.2, 0.25) is 0 Å². The minimum Gasteiger partial charge on any atom is -0.481 e. The third kappa shape index (κ3) is 2.42. The molecule has 0 aliphatic carbocycles. The first kappa shape index (κ1) is 12.3. The summed E-state index contributed by atoms with van der Waals surface area (Å²) < 4.78 is 5.17. The van der Waals surface area contributed by atoms with Crippen molar-refractivity contribution < 1.29 is 4.74 Å². The van der Waals surface area contributed by atoms with Gasteiger partial charge in [0.05, 0.1) is 18.8 Å². The lowest BCUT2D eigenvalue weighted by atomic mass is 10.1. The first-order valence-electron chi connectivity index (χ1n) is 6.15. The van der Waals surface area contributed by atoms with E-state index in [1.54, 1.807) is 7.11 Å². The summed E-state index contributed by atoms with van der Waals surface area (Å²) in [5.41, 5.74) is 7.22. The van der Waals surface area contributed by atoms with Gasteiger partial charge in [-0.1, -0.05) is 6.07 Å². The molecule has 1 fully saturated rings. The van der Waals surface area contributed by atoms with Crippen molar-refractivity contribution in [1.82, 2.24) is 9.88 Å². The second-order valence-corrected chi connectivity index (χ2v) is 4.83. The highest BCUT2D eigenvalue weighted by molar-refractivity contribution is 5.20. The number of likely N-dealkylation sites (tertiary alicyclic amines) is 1. The minimum atomic E-state index is 0.164. The monoisotopic (exact) mass is 235 g/mol. The number of nitrogens with two attached hydrogens (primary N) is 1. The Morgan fingerprint density at radius 2 is 2.24 bits per heavy atom. The molecule has 94 valence electrons. The molecule has 2 N–H and O–H groups in total. The van der Waals surface area contributed by atoms with E-state index in [-0.39, 0.29) is 12.1 Å². The fourth-order valence-corrected chi connectivity index (χ4v) is 2.52. The van der Waals surface area contributed by atoms with Gasteiger partial charge in [0, 0.05) is 24.7 Å². The Bertz CT molecular complexity index is 381. The highest BCUT2D eigenvalue weighted by Gasteiger charge is 2.35. The summed E-state index contributed by atoms with van der Waals surface area (Å²) in [6.45, 7) is 5.44. The van der Waals surface area contributed by atoms with Crippen molar-refractivity contribution in [2.75, 3.05) is 13.7 Å². The van der Waals surface area contributed by atoms with Crippen LogP contribution in [0.5, 0.6) is 5.88 Å². The van der Waals surface area contributed by atoms with Crippen LogP contribution in [0.4, 0.5) is 0 Å². The van der Waals surface area contributed by atoms with Gasteiger partial charge in [-0.05, 0) is 26.3 Å². The smallest absolute Gasteiger partial charge is 0.213 e. The van der Waals surface area contributed by atoms with Crippen LogP contribution >= 0.6 is 0 Å². The zero-order valence-corrected chi connectivity index (χ0v) is 10.8. The van der Waals surface area contributed by atoms with Gasteiger partial charge in [0.1, 0.15) is 0 Å². The summed E-state index contributed by atoms with van der Waals surface area (Å²) in [7, 11) is 1.64. The molecule has 1 aliphatic heterocycles. The predicted molar refractivity (Wildman–Crippen MR) is 68.0 cm³/mol. The van der Waals surface area contributed by atoms with Gasteiger partial charge in [-0.3, -0.25) is 4.90 Å². The molecule has 1 saturated heterocycles. The van der Waals surface area contributed by atoms with Crippen molar-refractivity contribution >= 4 is 0 Å². The molecule has 0 aromatic carbocycles. The Kier molecular flexibility index (Phi) is 3.64. The van der Waals surface area contributed by atoms with Crippen LogP contribution in [-0.4, -0.2) is 35.6 Å². The van der Waals surface area contributed by atoms with Crippen LogP contribution in [0.25, 0.3) is 0 Å². The number of nitrogens with zero attached hydrogens (tertiary/aromatic N) is 2. The number of rotatable bonds is 3. The molecule has 0 bridgehead atoms. The molecule has 2 heterocycles. The van der Waals surface area contributed by atoms with Crippen LogP contribution in [-0.2, 0) is 0 Å². The van der Waals surface area contributed by atoms with E-state index in [1.165, 1.54) is 0 Å². The van der Waals surface area contributed by atoms with Crippen molar-refractivity contribution in [3.63, 3.8) is 0 Å². The summed E-state index contributed by atoms with van der Waals surface area (Å²) in [5.74, 6) is 0.658. The number of methoxy groups -OCH3 is 1. The SMILES string of the molecule is COc1cccc(C2C(N)CCN2C(C)C)n1. The second kappa shape index (κ2) is 5.02. The van der Waals surface area contributed by atoms with E-state index in [1.807, 2.05) is 18.2 Å². The minimum absolute atomic E-state index is 0.164. The van der Waals surface area contributed by atoms with Crippen molar-refractivity contribution in [3.8, 4) is 5.88 Å². The molecule has 2 rings (SSSR count). The Balaban J connectivity index is 2.29. The van der Waals surface area contributed by atoms with Gasteiger partial charge in [0.15, 0.2) is 0 Å². The molecule has 0 spiro atoms. The van der Waals surface area contributed by atoms with Gasteiger partial charge in [0.25, 0.3) is 0 Å². The van der Waals surface area contributed by atoms with E-state index in [4.69, 9.17) is 10.5 Å². The van der Waals surface area contributed by atoms with Crippen LogP contribution in [0.3, 0.4) is 0 Å². The van der Waals surface area contributed by atoms with Crippen LogP contribution in [0.15, 0.2) is 18.2 Å². The molecule has 4 heteroatoms. The zero-order chi connectivity index (χ0) is 12.4. The quantitative estimate of drug-likeness (QED) is 0.864. The van der Waals surface area contributed by atoms with Crippen molar-refractivity contribution in [2.45, 2.75) is 38.4 Å². The topological polar surface area (TPSA) is 51.4 Å². The summed E-state index contributed by atoms with van der Waals surface area (Å²) >= 11 is 0. The summed E-state index contributed by atoms with van der Waals surface area (Å²) in [6.07, 6.45) is 1.03. The third-order valence-corrected chi connectivity index (χ3v) is 3.40. The summed E-state index contributed by atoms with van der Waals surface area (Å²) in [4.78, 5) is 6.92. The summed E-state index contributed by atoms with van der Waals surface area (Å²) in [6, 6.07) is 6.74. The lowest BCUT2D eigenvalue weighted by Gasteiger charge is -2.29. The third-order valence-electron chi connectivity index (χ3n) is 3.40. The number of pyridine rings is 1. The summed E-state index contributed by atoms with van der Waals surface area (Å²) in [5, 5.41) is 0. The molecular weight excluding hydrogens is 214 g/mol. The van der Waals surface area contributed by atoms with Crippen LogP contribution < -0.4 is 10.5 Å². The maximum Gasteiger partial charge on any atom is 0.213 e. The maximum atomic E-state index is 6.21. The Hall–Kier alpha value is -1.13. The van der Waals surface area contributed by atoms with Crippen LogP contribution in [0, 0.1) is 0 Å². The molecule has 2 unspecified atom stereocenters.